The van der Waals surface area contributed by atoms with Crippen LogP contribution in [0.25, 0.3) is 0 Å². The first-order chi connectivity index (χ1) is 15.2. The van der Waals surface area contributed by atoms with Gasteiger partial charge in [0.25, 0.3) is 0 Å². The van der Waals surface area contributed by atoms with Crippen molar-refractivity contribution in [3.63, 3.8) is 0 Å². The van der Waals surface area contributed by atoms with Crippen molar-refractivity contribution >= 4 is 23.2 Å². The van der Waals surface area contributed by atoms with Gasteiger partial charge in [-0.25, -0.2) is 9.98 Å². The van der Waals surface area contributed by atoms with Gasteiger partial charge in [-0.15, -0.1) is 0 Å². The molecule has 0 aliphatic heterocycles. The number of amidine groups is 2. The van der Waals surface area contributed by atoms with E-state index < -0.39 is 0 Å². The number of pyridine rings is 1. The van der Waals surface area contributed by atoms with E-state index in [-0.39, 0.29) is 5.84 Å². The second kappa shape index (κ2) is 9.86. The van der Waals surface area contributed by atoms with Crippen LogP contribution < -0.4 is 10.6 Å². The lowest BCUT2D eigenvalue weighted by Gasteiger charge is -2.17. The smallest absolute Gasteiger partial charge is 0.149 e. The largest absolute Gasteiger partial charge is 0.387 e. The standard InChI is InChI=1S/C23H32N8O/c1-14(23(26)28-15(2)24)10-19(25)21-12-20(29-31(21)4)18-11-17(18)16-6-7-22(27-13-16)30(3)8-9-32-5/h6-7,10,12-13,17-18,25H,8-9,11H2,1-5H3,(H3,24,26,28)/b14-10-,25-19?. The molecule has 9 nitrogen and oxygen atoms in total. The van der Waals surface area contributed by atoms with E-state index in [1.165, 1.54) is 5.56 Å². The molecule has 9 heteroatoms. The van der Waals surface area contributed by atoms with Crippen molar-refractivity contribution in [2.24, 2.45) is 17.8 Å². The molecule has 0 radical (unpaired) electrons. The Kier molecular flexibility index (Phi) is 7.19. The first-order valence-corrected chi connectivity index (χ1v) is 10.6. The molecule has 1 saturated carbocycles. The second-order valence-electron chi connectivity index (χ2n) is 8.23. The quantitative estimate of drug-likeness (QED) is 0.411. The van der Waals surface area contributed by atoms with E-state index in [0.29, 0.717) is 41.3 Å². The molecular formula is C23H32N8O. The number of rotatable bonds is 9. The lowest BCUT2D eigenvalue weighted by atomic mass is 10.1. The zero-order valence-corrected chi connectivity index (χ0v) is 19.4. The zero-order chi connectivity index (χ0) is 23.4. The topological polar surface area (TPSA) is 129 Å². The Morgan fingerprint density at radius 1 is 1.34 bits per heavy atom. The van der Waals surface area contributed by atoms with Crippen LogP contribution in [0.15, 0.2) is 41.0 Å². The summed E-state index contributed by atoms with van der Waals surface area (Å²) in [5.74, 6) is 2.03. The van der Waals surface area contributed by atoms with E-state index in [9.17, 15) is 0 Å². The molecule has 2 heterocycles. The second-order valence-corrected chi connectivity index (χ2v) is 8.23. The molecule has 170 valence electrons. The molecule has 0 amide bonds. The number of allylic oxidation sites excluding steroid dienone is 1. The molecule has 0 spiro atoms. The highest BCUT2D eigenvalue weighted by molar-refractivity contribution is 6.12. The summed E-state index contributed by atoms with van der Waals surface area (Å²) in [6.07, 6.45) is 4.60. The van der Waals surface area contributed by atoms with Crippen LogP contribution >= 0.6 is 0 Å². The summed E-state index contributed by atoms with van der Waals surface area (Å²) < 4.78 is 6.85. The van der Waals surface area contributed by atoms with Gasteiger partial charge >= 0.3 is 0 Å². The monoisotopic (exact) mass is 436 g/mol. The van der Waals surface area contributed by atoms with Crippen LogP contribution in [0.5, 0.6) is 0 Å². The molecule has 0 bridgehead atoms. The van der Waals surface area contributed by atoms with Gasteiger partial charge in [0.05, 0.1) is 29.5 Å². The van der Waals surface area contributed by atoms with Crippen molar-refractivity contribution in [2.45, 2.75) is 32.1 Å². The van der Waals surface area contributed by atoms with Gasteiger partial charge in [0.15, 0.2) is 0 Å². The van der Waals surface area contributed by atoms with Gasteiger partial charge in [-0.3, -0.25) is 15.5 Å². The Labute approximate surface area is 189 Å². The summed E-state index contributed by atoms with van der Waals surface area (Å²) in [5.41, 5.74) is 9.31. The van der Waals surface area contributed by atoms with Crippen molar-refractivity contribution < 1.29 is 4.74 Å². The average Bonchev–Trinajstić information content (AvgIpc) is 3.46. The molecule has 2 aromatic rings. The summed E-state index contributed by atoms with van der Waals surface area (Å²) in [5, 5.41) is 21.0. The van der Waals surface area contributed by atoms with Crippen LogP contribution in [0.4, 0.5) is 5.82 Å². The molecule has 0 saturated heterocycles. The highest BCUT2D eigenvalue weighted by Gasteiger charge is 2.41. The normalized spacial score (nSPS) is 18.5. The van der Waals surface area contributed by atoms with Crippen molar-refractivity contribution in [1.82, 2.24) is 14.8 Å². The van der Waals surface area contributed by atoms with Crippen LogP contribution in [0, 0.1) is 10.8 Å². The van der Waals surface area contributed by atoms with E-state index in [0.717, 1.165) is 24.5 Å². The zero-order valence-electron chi connectivity index (χ0n) is 19.4. The van der Waals surface area contributed by atoms with Crippen LogP contribution in [-0.2, 0) is 11.8 Å². The summed E-state index contributed by atoms with van der Waals surface area (Å²) >= 11 is 0. The number of nitrogens with zero attached hydrogens (tertiary/aromatic N) is 5. The number of nitrogens with one attached hydrogen (secondary N) is 2. The van der Waals surface area contributed by atoms with E-state index in [4.69, 9.17) is 21.3 Å². The van der Waals surface area contributed by atoms with Gasteiger partial charge in [-0.1, -0.05) is 6.07 Å². The number of nitrogens with two attached hydrogens (primary N) is 1. The van der Waals surface area contributed by atoms with Crippen molar-refractivity contribution in [1.29, 1.82) is 10.8 Å². The molecule has 4 N–H and O–H groups in total. The minimum Gasteiger partial charge on any atom is -0.387 e. The fourth-order valence-corrected chi connectivity index (χ4v) is 3.62. The molecule has 2 atom stereocenters. The molecule has 32 heavy (non-hydrogen) atoms. The van der Waals surface area contributed by atoms with Gasteiger partial charge in [0, 0.05) is 39.9 Å². The molecule has 0 aromatic carbocycles. The Morgan fingerprint density at radius 2 is 2.09 bits per heavy atom. The molecule has 2 unspecified atom stereocenters. The highest BCUT2D eigenvalue weighted by atomic mass is 16.5. The van der Waals surface area contributed by atoms with Gasteiger partial charge in [-0.2, -0.15) is 5.10 Å². The van der Waals surface area contributed by atoms with Gasteiger partial charge in [-0.05, 0) is 55.5 Å². The number of aryl methyl sites for hydroxylation is 1. The number of hydrogen-bond donors (Lipinski definition) is 3. The predicted octanol–water partition coefficient (Wildman–Crippen LogP) is 2.84. The van der Waals surface area contributed by atoms with Gasteiger partial charge in [0.2, 0.25) is 0 Å². The maximum absolute atomic E-state index is 8.44. The van der Waals surface area contributed by atoms with E-state index >= 15 is 0 Å². The SMILES string of the molecule is COCCN(C)c1ccc(C2CC2c2cc(C(=N)/C=C(/C)C(=N)N=C(C)N)n(C)n2)cn1. The Hall–Kier alpha value is -3.33. The summed E-state index contributed by atoms with van der Waals surface area (Å²) in [6, 6.07) is 6.16. The Bertz CT molecular complexity index is 1050. The maximum Gasteiger partial charge on any atom is 0.149 e. The third-order valence-electron chi connectivity index (χ3n) is 5.59. The van der Waals surface area contributed by atoms with E-state index in [1.54, 1.807) is 31.7 Å². The van der Waals surface area contributed by atoms with Crippen LogP contribution in [-0.4, -0.2) is 59.5 Å². The highest BCUT2D eigenvalue weighted by Crippen LogP contribution is 2.54. The molecular weight excluding hydrogens is 404 g/mol. The van der Waals surface area contributed by atoms with Crippen LogP contribution in [0.3, 0.4) is 0 Å². The third kappa shape index (κ3) is 5.47. The summed E-state index contributed by atoms with van der Waals surface area (Å²) in [7, 11) is 5.54. The van der Waals surface area contributed by atoms with Crippen molar-refractivity contribution in [2.75, 3.05) is 32.2 Å². The number of likely N-dealkylation sites (N-methyl/N-ethyl adjacent to an activating group) is 1. The maximum atomic E-state index is 8.44. The summed E-state index contributed by atoms with van der Waals surface area (Å²) in [6.45, 7) is 4.84. The lowest BCUT2D eigenvalue weighted by molar-refractivity contribution is 0.206. The number of methoxy groups -OCH3 is 1. The molecule has 1 aliphatic rings. The molecule has 3 rings (SSSR count). The average molecular weight is 437 g/mol. The number of anilines is 1. The minimum absolute atomic E-state index is 0.0585. The summed E-state index contributed by atoms with van der Waals surface area (Å²) in [4.78, 5) is 10.6. The fraction of sp³-hybridized carbons (Fsp3) is 0.435. The molecule has 1 fully saturated rings. The van der Waals surface area contributed by atoms with Crippen molar-refractivity contribution in [3.05, 3.63) is 53.0 Å². The van der Waals surface area contributed by atoms with Gasteiger partial charge in [0.1, 0.15) is 11.7 Å². The van der Waals surface area contributed by atoms with Crippen LogP contribution in [0.1, 0.15) is 49.1 Å². The van der Waals surface area contributed by atoms with Crippen LogP contribution in [0.2, 0.25) is 0 Å². The van der Waals surface area contributed by atoms with Gasteiger partial charge < -0.3 is 15.4 Å². The van der Waals surface area contributed by atoms with E-state index in [2.05, 4.69) is 26.0 Å². The lowest BCUT2D eigenvalue weighted by Crippen LogP contribution is -2.22. The first-order valence-electron chi connectivity index (χ1n) is 10.6. The Morgan fingerprint density at radius 3 is 2.72 bits per heavy atom. The first kappa shape index (κ1) is 23.3. The molecule has 2 aromatic heterocycles. The number of ether oxygens (including phenoxy) is 1. The number of aromatic nitrogens is 3. The Balaban J connectivity index is 1.68. The predicted molar refractivity (Wildman–Crippen MR) is 128 cm³/mol. The minimum atomic E-state index is 0.0585. The number of aliphatic imine (C=N–C) groups is 1. The number of hydrogen-bond acceptors (Lipinski definition) is 6. The third-order valence-corrected chi connectivity index (χ3v) is 5.59. The van der Waals surface area contributed by atoms with Crippen molar-refractivity contribution in [3.8, 4) is 0 Å². The van der Waals surface area contributed by atoms with E-state index in [1.807, 2.05) is 32.4 Å². The fourth-order valence-electron chi connectivity index (χ4n) is 3.62. The molecule has 1 aliphatic carbocycles.